The number of hydrogen-bond donors (Lipinski definition) is 4. The second kappa shape index (κ2) is 8.02. The van der Waals surface area contributed by atoms with Gasteiger partial charge in [0.05, 0.1) is 16.9 Å². The number of carboxylic acid groups (broad SMARTS) is 1. The molecule has 2 heterocycles. The number of carbonyl (C=O) groups is 1. The minimum Gasteiger partial charge on any atom is -0.478 e. The van der Waals surface area contributed by atoms with E-state index >= 15 is 0 Å². The van der Waals surface area contributed by atoms with Crippen LogP contribution < -0.4 is 21.7 Å². The minimum absolute atomic E-state index is 0.157. The fourth-order valence-corrected chi connectivity index (χ4v) is 4.17. The van der Waals surface area contributed by atoms with E-state index in [1.165, 1.54) is 0 Å². The van der Waals surface area contributed by atoms with Crippen molar-refractivity contribution in [2.45, 2.75) is 44.3 Å². The Morgan fingerprint density at radius 2 is 2.00 bits per heavy atom. The molecule has 0 amide bonds. The maximum Gasteiger partial charge on any atom is 0.335 e. The van der Waals surface area contributed by atoms with Gasteiger partial charge in [0.2, 0.25) is 11.9 Å². The van der Waals surface area contributed by atoms with Crippen LogP contribution in [0, 0.1) is 0 Å². The highest BCUT2D eigenvalue weighted by Gasteiger charge is 2.43. The van der Waals surface area contributed by atoms with Gasteiger partial charge in [-0.3, -0.25) is 9.88 Å². The van der Waals surface area contributed by atoms with E-state index < -0.39 is 11.6 Å². The number of guanidine groups is 2. The second-order valence-corrected chi connectivity index (χ2v) is 7.57. The summed E-state index contributed by atoms with van der Waals surface area (Å²) in [4.78, 5) is 26.5. The minimum atomic E-state index is -1.01. The Morgan fingerprint density at radius 3 is 2.70 bits per heavy atom. The van der Waals surface area contributed by atoms with Crippen LogP contribution in [0.15, 0.2) is 52.7 Å². The van der Waals surface area contributed by atoms with E-state index in [4.69, 9.17) is 11.5 Å². The van der Waals surface area contributed by atoms with Gasteiger partial charge in [0.1, 0.15) is 5.66 Å². The average molecular weight is 407 g/mol. The Kier molecular flexibility index (Phi) is 5.26. The summed E-state index contributed by atoms with van der Waals surface area (Å²) in [5.41, 5.74) is 14.2. The summed E-state index contributed by atoms with van der Waals surface area (Å²) in [5, 5.41) is 12.9. The number of carboxylic acids is 1. The third-order valence-electron chi connectivity index (χ3n) is 5.54. The lowest BCUT2D eigenvalue weighted by Gasteiger charge is -2.46. The summed E-state index contributed by atoms with van der Waals surface area (Å²) in [5.74, 6) is -0.635. The van der Waals surface area contributed by atoms with Crippen LogP contribution in [0.4, 0.5) is 11.4 Å². The third kappa shape index (κ3) is 3.78. The monoisotopic (exact) mass is 407 g/mol. The van der Waals surface area contributed by atoms with E-state index in [0.717, 1.165) is 43.4 Å². The van der Waals surface area contributed by atoms with Gasteiger partial charge in [-0.2, -0.15) is 4.99 Å². The van der Waals surface area contributed by atoms with E-state index in [2.05, 4.69) is 20.3 Å². The van der Waals surface area contributed by atoms with Crippen molar-refractivity contribution in [2.24, 2.45) is 21.5 Å². The molecule has 0 unspecified atom stereocenters. The van der Waals surface area contributed by atoms with Crippen molar-refractivity contribution in [2.75, 3.05) is 10.2 Å². The van der Waals surface area contributed by atoms with Crippen molar-refractivity contribution in [1.29, 1.82) is 0 Å². The van der Waals surface area contributed by atoms with Crippen molar-refractivity contribution in [3.63, 3.8) is 0 Å². The Labute approximate surface area is 174 Å². The molecule has 1 spiro atoms. The van der Waals surface area contributed by atoms with Crippen molar-refractivity contribution in [3.05, 3.63) is 53.9 Å². The second-order valence-electron chi connectivity index (χ2n) is 7.57. The highest BCUT2D eigenvalue weighted by Crippen LogP contribution is 2.42. The van der Waals surface area contributed by atoms with Gasteiger partial charge in [0.25, 0.3) is 0 Å². The molecule has 0 bridgehead atoms. The predicted octanol–water partition coefficient (Wildman–Crippen LogP) is 2.50. The quantitative estimate of drug-likeness (QED) is 0.596. The number of nitrogens with one attached hydrogen (secondary N) is 1. The molecule has 2 aromatic rings. The smallest absolute Gasteiger partial charge is 0.335 e. The maximum absolute atomic E-state index is 11.7. The molecule has 1 aliphatic carbocycles. The van der Waals surface area contributed by atoms with Crippen LogP contribution in [0.3, 0.4) is 0 Å². The van der Waals surface area contributed by atoms with Gasteiger partial charge in [-0.25, -0.2) is 9.79 Å². The molecule has 156 valence electrons. The van der Waals surface area contributed by atoms with Crippen LogP contribution in [0.25, 0.3) is 0 Å². The summed E-state index contributed by atoms with van der Waals surface area (Å²) in [7, 11) is 0. The molecule has 6 N–H and O–H groups in total. The van der Waals surface area contributed by atoms with Gasteiger partial charge in [0.15, 0.2) is 0 Å². The van der Waals surface area contributed by atoms with Crippen LogP contribution in [-0.2, 0) is 6.54 Å². The van der Waals surface area contributed by atoms with Gasteiger partial charge in [-0.1, -0.05) is 12.5 Å². The van der Waals surface area contributed by atoms with Crippen molar-refractivity contribution < 1.29 is 9.90 Å². The molecule has 9 heteroatoms. The summed E-state index contributed by atoms with van der Waals surface area (Å²) < 4.78 is 0. The van der Waals surface area contributed by atoms with Crippen LogP contribution in [-0.4, -0.2) is 33.6 Å². The number of benzene rings is 1. The Bertz CT molecular complexity index is 998. The molecule has 1 aliphatic heterocycles. The molecule has 1 fully saturated rings. The summed E-state index contributed by atoms with van der Waals surface area (Å²) in [6, 6.07) is 8.77. The summed E-state index contributed by atoms with van der Waals surface area (Å²) >= 11 is 0. The van der Waals surface area contributed by atoms with Crippen molar-refractivity contribution >= 4 is 29.3 Å². The lowest BCUT2D eigenvalue weighted by Crippen LogP contribution is -2.58. The number of rotatable bonds is 5. The number of aliphatic imine (C=N–C) groups is 2. The van der Waals surface area contributed by atoms with E-state index in [1.54, 1.807) is 30.6 Å². The zero-order valence-electron chi connectivity index (χ0n) is 16.6. The Hall–Kier alpha value is -3.62. The SMILES string of the molecule is NC1=NC2(CCCCC2)N(c2cc(C(=O)O)ccc2NCc2cccnc2)C(N)=N1. The first kappa shape index (κ1) is 19.7. The number of aromatic carboxylic acids is 1. The molecule has 4 rings (SSSR count). The number of nitrogens with two attached hydrogens (primary N) is 2. The molecule has 30 heavy (non-hydrogen) atoms. The van der Waals surface area contributed by atoms with Gasteiger partial charge < -0.3 is 21.9 Å². The first-order valence-corrected chi connectivity index (χ1v) is 9.98. The highest BCUT2D eigenvalue weighted by molar-refractivity contribution is 6.08. The van der Waals surface area contributed by atoms with Crippen molar-refractivity contribution in [3.8, 4) is 0 Å². The summed E-state index contributed by atoms with van der Waals surface area (Å²) in [6.45, 7) is 0.524. The van der Waals surface area contributed by atoms with Gasteiger partial charge in [0, 0.05) is 18.9 Å². The molecule has 1 aromatic heterocycles. The van der Waals surface area contributed by atoms with Crippen LogP contribution in [0.2, 0.25) is 0 Å². The third-order valence-corrected chi connectivity index (χ3v) is 5.54. The van der Waals surface area contributed by atoms with Gasteiger partial charge in [-0.15, -0.1) is 0 Å². The van der Waals surface area contributed by atoms with E-state index in [-0.39, 0.29) is 17.5 Å². The largest absolute Gasteiger partial charge is 0.478 e. The predicted molar refractivity (Wildman–Crippen MR) is 117 cm³/mol. The normalized spacial score (nSPS) is 17.9. The lowest BCUT2D eigenvalue weighted by molar-refractivity contribution is 0.0697. The molecular weight excluding hydrogens is 382 g/mol. The molecule has 0 saturated heterocycles. The highest BCUT2D eigenvalue weighted by atomic mass is 16.4. The standard InChI is InChI=1S/C21H25N7O2/c22-19-26-20(23)28(21(27-19)8-2-1-3-9-21)17-11-15(18(29)30)6-7-16(17)25-13-14-5-4-10-24-12-14/h4-7,10-12,25H,1-3,8-9,13H2,(H,29,30)(H4,22,23,26,27). The topological polar surface area (TPSA) is 142 Å². The zero-order chi connectivity index (χ0) is 21.1. The Balaban J connectivity index is 1.77. The molecule has 2 aliphatic rings. The van der Waals surface area contributed by atoms with E-state index in [1.807, 2.05) is 17.0 Å². The number of nitrogens with zero attached hydrogens (tertiary/aromatic N) is 4. The zero-order valence-corrected chi connectivity index (χ0v) is 16.6. The fourth-order valence-electron chi connectivity index (χ4n) is 4.17. The number of pyridine rings is 1. The first-order valence-electron chi connectivity index (χ1n) is 9.98. The molecule has 0 atom stereocenters. The van der Waals surface area contributed by atoms with E-state index in [9.17, 15) is 9.90 Å². The average Bonchev–Trinajstić information content (AvgIpc) is 2.73. The van der Waals surface area contributed by atoms with Gasteiger partial charge >= 0.3 is 5.97 Å². The molecular formula is C21H25N7O2. The van der Waals surface area contributed by atoms with Crippen LogP contribution in [0.5, 0.6) is 0 Å². The van der Waals surface area contributed by atoms with Crippen LogP contribution >= 0.6 is 0 Å². The van der Waals surface area contributed by atoms with E-state index in [0.29, 0.717) is 12.2 Å². The fraction of sp³-hybridized carbons (Fsp3) is 0.333. The first-order chi connectivity index (χ1) is 14.5. The molecule has 9 nitrogen and oxygen atoms in total. The number of aromatic nitrogens is 1. The number of anilines is 2. The lowest BCUT2D eigenvalue weighted by atomic mass is 9.87. The van der Waals surface area contributed by atoms with Crippen molar-refractivity contribution in [1.82, 2.24) is 4.98 Å². The summed E-state index contributed by atoms with van der Waals surface area (Å²) in [6.07, 6.45) is 8.12. The Morgan fingerprint density at radius 1 is 1.20 bits per heavy atom. The number of hydrogen-bond acceptors (Lipinski definition) is 8. The molecule has 0 radical (unpaired) electrons. The maximum atomic E-state index is 11.7. The van der Waals surface area contributed by atoms with Gasteiger partial charge in [-0.05, 0) is 55.5 Å². The van der Waals surface area contributed by atoms with Crippen LogP contribution in [0.1, 0.15) is 48.0 Å². The molecule has 1 aromatic carbocycles. The molecule has 1 saturated carbocycles.